The Morgan fingerprint density at radius 3 is 3.09 bits per heavy atom. The predicted molar refractivity (Wildman–Crippen MR) is 76.8 cm³/mol. The second kappa shape index (κ2) is 3.68. The second-order valence-electron chi connectivity index (χ2n) is 7.95. The quantitative estimate of drug-likeness (QED) is 0.739. The topological polar surface area (TPSA) is 44.8 Å². The molecule has 2 heterocycles. The van der Waals surface area contributed by atoms with Crippen LogP contribution in [0.3, 0.4) is 0 Å². The first-order chi connectivity index (χ1) is 10.7. The molecule has 22 heavy (non-hydrogen) atoms. The van der Waals surface area contributed by atoms with Crippen LogP contribution in [0.4, 0.5) is 0 Å². The molecule has 2 aliphatic heterocycles. The molecule has 0 aromatic rings. The molecule has 9 atom stereocenters. The largest absolute Gasteiger partial charge is 0.496 e. The van der Waals surface area contributed by atoms with E-state index >= 15 is 0 Å². The number of methoxy groups -OCH3 is 1. The van der Waals surface area contributed by atoms with Crippen LogP contribution in [0.2, 0.25) is 0 Å². The smallest absolute Gasteiger partial charge is 0.181 e. The number of ketones is 1. The van der Waals surface area contributed by atoms with Crippen molar-refractivity contribution in [1.29, 1.82) is 0 Å². The third kappa shape index (κ3) is 1.10. The van der Waals surface area contributed by atoms with Gasteiger partial charge in [0.2, 0.25) is 0 Å². The molecule has 6 rings (SSSR count). The number of hydrogen-bond acceptors (Lipinski definition) is 4. The van der Waals surface area contributed by atoms with Gasteiger partial charge in [-0.3, -0.25) is 4.79 Å². The van der Waals surface area contributed by atoms with Gasteiger partial charge in [-0.2, -0.15) is 0 Å². The van der Waals surface area contributed by atoms with Crippen molar-refractivity contribution in [3.8, 4) is 0 Å². The van der Waals surface area contributed by atoms with Crippen molar-refractivity contribution in [3.63, 3.8) is 0 Å². The minimum absolute atomic E-state index is 0.0497. The standard InChI is InChI=1S/C18H20O4/c1-20-15-8-4-10-12(5-8)18-3-2-9(19)6-13(18)21-7-11-14(10)16(15)22-17(11)18/h2-3,6,8,10-12,14-17H,4-5,7H2,1H3/t8-,10+,11-,12?,14?,15-,16-,17+,18?/m1/s1. The van der Waals surface area contributed by atoms with Crippen LogP contribution in [-0.2, 0) is 19.0 Å². The molecule has 0 aromatic heterocycles. The van der Waals surface area contributed by atoms with Crippen LogP contribution in [0.25, 0.3) is 0 Å². The summed E-state index contributed by atoms with van der Waals surface area (Å²) in [5.41, 5.74) is -0.180. The van der Waals surface area contributed by atoms with Crippen LogP contribution in [0, 0.1) is 35.0 Å². The summed E-state index contributed by atoms with van der Waals surface area (Å²) in [5.74, 6) is 3.82. The Bertz CT molecular complexity index is 637. The van der Waals surface area contributed by atoms with E-state index in [1.807, 2.05) is 7.11 Å². The molecule has 4 nitrogen and oxygen atoms in total. The van der Waals surface area contributed by atoms with Gasteiger partial charge >= 0.3 is 0 Å². The van der Waals surface area contributed by atoms with Gasteiger partial charge in [0.15, 0.2) is 5.78 Å². The summed E-state index contributed by atoms with van der Waals surface area (Å²) in [6, 6.07) is 0. The van der Waals surface area contributed by atoms with E-state index in [2.05, 4.69) is 6.08 Å². The van der Waals surface area contributed by atoms with Gasteiger partial charge < -0.3 is 14.2 Å². The molecule has 4 heteroatoms. The summed E-state index contributed by atoms with van der Waals surface area (Å²) in [4.78, 5) is 11.8. The van der Waals surface area contributed by atoms with Gasteiger partial charge in [-0.25, -0.2) is 0 Å². The summed E-state index contributed by atoms with van der Waals surface area (Å²) < 4.78 is 18.6. The first-order valence-electron chi connectivity index (χ1n) is 8.50. The summed E-state index contributed by atoms with van der Waals surface area (Å²) in [7, 11) is 1.83. The van der Waals surface area contributed by atoms with E-state index in [-0.39, 0.29) is 29.5 Å². The molecule has 0 aromatic carbocycles. The highest BCUT2D eigenvalue weighted by atomic mass is 16.6. The lowest BCUT2D eigenvalue weighted by molar-refractivity contribution is -0.141. The SMILES string of the molecule is CO[C@@H]1[C@H]2CC3[C@H](C2)C2[C@H]4COC5=CC(=O)C=CC53[C@H]4O[C@H]21. The summed E-state index contributed by atoms with van der Waals surface area (Å²) >= 11 is 0. The minimum Gasteiger partial charge on any atom is -0.496 e. The van der Waals surface area contributed by atoms with Gasteiger partial charge in [-0.15, -0.1) is 0 Å². The van der Waals surface area contributed by atoms with E-state index in [4.69, 9.17) is 14.2 Å². The maximum Gasteiger partial charge on any atom is 0.181 e. The fourth-order valence-electron chi connectivity index (χ4n) is 6.99. The number of ether oxygens (including phenoxy) is 3. The van der Waals surface area contributed by atoms with E-state index in [1.165, 1.54) is 12.8 Å². The number of fused-ring (bicyclic) bond motifs is 1. The molecular weight excluding hydrogens is 280 g/mol. The first-order valence-corrected chi connectivity index (χ1v) is 8.50. The minimum atomic E-state index is -0.180. The Labute approximate surface area is 129 Å². The van der Waals surface area contributed by atoms with Crippen molar-refractivity contribution in [1.82, 2.24) is 0 Å². The zero-order chi connectivity index (χ0) is 14.6. The van der Waals surface area contributed by atoms with Crippen molar-refractivity contribution in [2.75, 3.05) is 13.7 Å². The fraction of sp³-hybridized carbons (Fsp3) is 0.722. The lowest BCUT2D eigenvalue weighted by Crippen LogP contribution is -2.57. The lowest BCUT2D eigenvalue weighted by Gasteiger charge is -2.55. The van der Waals surface area contributed by atoms with Crippen molar-refractivity contribution in [3.05, 3.63) is 24.0 Å². The number of carbonyl (C=O) groups excluding carboxylic acids is 1. The van der Waals surface area contributed by atoms with Crippen LogP contribution < -0.4 is 0 Å². The molecule has 4 aliphatic carbocycles. The molecule has 6 aliphatic rings. The van der Waals surface area contributed by atoms with Crippen LogP contribution >= 0.6 is 0 Å². The first kappa shape index (κ1) is 12.3. The average molecular weight is 300 g/mol. The highest BCUT2D eigenvalue weighted by Gasteiger charge is 2.74. The molecule has 6 bridgehead atoms. The monoisotopic (exact) mass is 300 g/mol. The normalized spacial score (nSPS) is 59.3. The molecule has 5 fully saturated rings. The van der Waals surface area contributed by atoms with Gasteiger partial charge in [0.05, 0.1) is 30.3 Å². The van der Waals surface area contributed by atoms with Gasteiger partial charge in [-0.05, 0) is 42.6 Å². The Balaban J connectivity index is 1.58. The van der Waals surface area contributed by atoms with Crippen molar-refractivity contribution >= 4 is 5.78 Å². The summed E-state index contributed by atoms with van der Waals surface area (Å²) in [5, 5.41) is 0. The summed E-state index contributed by atoms with van der Waals surface area (Å²) in [6.45, 7) is 0.699. The second-order valence-corrected chi connectivity index (χ2v) is 7.95. The van der Waals surface area contributed by atoms with Crippen molar-refractivity contribution in [2.45, 2.75) is 31.2 Å². The van der Waals surface area contributed by atoms with Crippen LogP contribution in [-0.4, -0.2) is 37.8 Å². The number of rotatable bonds is 1. The van der Waals surface area contributed by atoms with Gasteiger partial charge in [0.25, 0.3) is 0 Å². The zero-order valence-corrected chi connectivity index (χ0v) is 12.6. The highest BCUT2D eigenvalue weighted by Crippen LogP contribution is 2.71. The molecule has 0 radical (unpaired) electrons. The van der Waals surface area contributed by atoms with E-state index in [1.54, 1.807) is 12.2 Å². The number of carbonyl (C=O) groups is 1. The van der Waals surface area contributed by atoms with Crippen LogP contribution in [0.1, 0.15) is 12.8 Å². The third-order valence-electron chi connectivity index (χ3n) is 7.51. The maximum atomic E-state index is 11.8. The Morgan fingerprint density at radius 1 is 1.32 bits per heavy atom. The predicted octanol–water partition coefficient (Wildman–Crippen LogP) is 1.71. The molecule has 2 saturated heterocycles. The molecule has 0 amide bonds. The number of hydrogen-bond donors (Lipinski definition) is 0. The lowest BCUT2D eigenvalue weighted by atomic mass is 9.52. The highest BCUT2D eigenvalue weighted by molar-refractivity contribution is 6.01. The molecule has 116 valence electrons. The van der Waals surface area contributed by atoms with E-state index < -0.39 is 0 Å². The fourth-order valence-corrected chi connectivity index (χ4v) is 6.99. The van der Waals surface area contributed by atoms with Gasteiger partial charge in [0, 0.05) is 19.1 Å². The van der Waals surface area contributed by atoms with Crippen LogP contribution in [0.15, 0.2) is 24.0 Å². The Hall–Kier alpha value is -1.13. The number of allylic oxidation sites excluding steroid dienone is 2. The van der Waals surface area contributed by atoms with E-state index in [9.17, 15) is 4.79 Å². The Kier molecular flexibility index (Phi) is 2.06. The molecule has 3 unspecified atom stereocenters. The van der Waals surface area contributed by atoms with Gasteiger partial charge in [-0.1, -0.05) is 6.08 Å². The molecular formula is C18H20O4. The van der Waals surface area contributed by atoms with Crippen molar-refractivity contribution < 1.29 is 19.0 Å². The molecule has 1 spiro atoms. The molecule has 3 saturated carbocycles. The zero-order valence-electron chi connectivity index (χ0n) is 12.6. The average Bonchev–Trinajstić information content (AvgIpc) is 3.06. The van der Waals surface area contributed by atoms with E-state index in [0.29, 0.717) is 36.2 Å². The Morgan fingerprint density at radius 2 is 2.23 bits per heavy atom. The van der Waals surface area contributed by atoms with Crippen LogP contribution in [0.5, 0.6) is 0 Å². The van der Waals surface area contributed by atoms with E-state index in [0.717, 1.165) is 5.76 Å². The maximum absolute atomic E-state index is 11.8. The molecule has 0 N–H and O–H groups in total. The van der Waals surface area contributed by atoms with Crippen molar-refractivity contribution in [2.24, 2.45) is 35.0 Å². The third-order valence-corrected chi connectivity index (χ3v) is 7.51. The summed E-state index contributed by atoms with van der Waals surface area (Å²) in [6.07, 6.45) is 8.67. The van der Waals surface area contributed by atoms with Gasteiger partial charge in [0.1, 0.15) is 5.76 Å².